The van der Waals surface area contributed by atoms with Crippen LogP contribution in [0.4, 0.5) is 11.4 Å². The maximum atomic E-state index is 11.9. The Morgan fingerprint density at radius 2 is 1.96 bits per heavy atom. The van der Waals surface area contributed by atoms with Crippen LogP contribution in [0.15, 0.2) is 42.5 Å². The number of hydrazine groups is 1. The molecule has 132 valence electrons. The van der Waals surface area contributed by atoms with Crippen LogP contribution in [0, 0.1) is 6.92 Å². The monoisotopic (exact) mass is 378 g/mol. The van der Waals surface area contributed by atoms with Crippen molar-refractivity contribution in [3.8, 4) is 5.75 Å². The third kappa shape index (κ3) is 5.81. The average molecular weight is 379 g/mol. The first-order valence-corrected chi connectivity index (χ1v) is 8.27. The van der Waals surface area contributed by atoms with Crippen LogP contribution in [0.1, 0.15) is 5.56 Å². The highest BCUT2D eigenvalue weighted by molar-refractivity contribution is 7.80. The van der Waals surface area contributed by atoms with E-state index in [-0.39, 0.29) is 17.6 Å². The lowest BCUT2D eigenvalue weighted by atomic mass is 10.2. The van der Waals surface area contributed by atoms with E-state index in [1.807, 2.05) is 43.3 Å². The van der Waals surface area contributed by atoms with Crippen LogP contribution in [-0.4, -0.2) is 24.7 Å². The van der Waals surface area contributed by atoms with Gasteiger partial charge in [-0.1, -0.05) is 29.8 Å². The number of hydrogen-bond donors (Lipinski definition) is 4. The van der Waals surface area contributed by atoms with Gasteiger partial charge in [0.1, 0.15) is 5.75 Å². The molecule has 0 aliphatic carbocycles. The van der Waals surface area contributed by atoms with Crippen LogP contribution in [0.2, 0.25) is 5.02 Å². The lowest BCUT2D eigenvalue weighted by Gasteiger charge is -2.13. The maximum Gasteiger partial charge on any atom is 0.257 e. The molecule has 0 saturated carbocycles. The summed E-state index contributed by atoms with van der Waals surface area (Å²) >= 11 is 11.2. The van der Waals surface area contributed by atoms with Gasteiger partial charge in [0.15, 0.2) is 5.11 Å². The molecule has 0 aromatic heterocycles. The summed E-state index contributed by atoms with van der Waals surface area (Å²) in [5.74, 6) is 0.383. The van der Waals surface area contributed by atoms with E-state index in [1.165, 1.54) is 0 Å². The number of carbonyl (C=O) groups is 1. The van der Waals surface area contributed by atoms with Crippen molar-refractivity contribution in [1.29, 1.82) is 0 Å². The molecule has 0 fully saturated rings. The fourth-order valence-corrected chi connectivity index (χ4v) is 2.32. The molecule has 0 unspecified atom stereocenters. The Labute approximate surface area is 156 Å². The highest BCUT2D eigenvalue weighted by Crippen LogP contribution is 2.22. The van der Waals surface area contributed by atoms with E-state index in [2.05, 4.69) is 21.5 Å². The second kappa shape index (κ2) is 9.10. The first-order valence-electron chi connectivity index (χ1n) is 7.48. The van der Waals surface area contributed by atoms with Crippen molar-refractivity contribution in [2.24, 2.45) is 0 Å². The zero-order chi connectivity index (χ0) is 18.2. The predicted octanol–water partition coefficient (Wildman–Crippen LogP) is 3.09. The molecule has 2 aromatic carbocycles. The Morgan fingerprint density at radius 3 is 2.68 bits per heavy atom. The summed E-state index contributed by atoms with van der Waals surface area (Å²) in [7, 11) is 1.57. The van der Waals surface area contributed by atoms with Gasteiger partial charge in [0.2, 0.25) is 0 Å². The van der Waals surface area contributed by atoms with Crippen molar-refractivity contribution >= 4 is 46.2 Å². The predicted molar refractivity (Wildman–Crippen MR) is 105 cm³/mol. The summed E-state index contributed by atoms with van der Waals surface area (Å²) in [6.45, 7) is 1.98. The summed E-state index contributed by atoms with van der Waals surface area (Å²) in [5.41, 5.74) is 7.58. The lowest BCUT2D eigenvalue weighted by molar-refractivity contribution is -0.119. The van der Waals surface area contributed by atoms with E-state index in [4.69, 9.17) is 28.6 Å². The second-order valence-corrected chi connectivity index (χ2v) is 5.96. The van der Waals surface area contributed by atoms with Crippen LogP contribution < -0.4 is 26.2 Å². The Morgan fingerprint density at radius 1 is 1.20 bits per heavy atom. The minimum atomic E-state index is -0.281. The van der Waals surface area contributed by atoms with Gasteiger partial charge in [-0.3, -0.25) is 15.6 Å². The lowest BCUT2D eigenvalue weighted by Crippen LogP contribution is -2.45. The van der Waals surface area contributed by atoms with E-state index in [9.17, 15) is 4.79 Å². The van der Waals surface area contributed by atoms with Crippen molar-refractivity contribution in [3.05, 3.63) is 53.1 Å². The Kier molecular flexibility index (Phi) is 6.85. The highest BCUT2D eigenvalue weighted by Gasteiger charge is 2.06. The van der Waals surface area contributed by atoms with E-state index < -0.39 is 0 Å². The maximum absolute atomic E-state index is 11.9. The molecule has 0 aliphatic rings. The topological polar surface area (TPSA) is 74.4 Å². The highest BCUT2D eigenvalue weighted by atomic mass is 35.5. The van der Waals surface area contributed by atoms with Crippen molar-refractivity contribution in [1.82, 2.24) is 10.9 Å². The first-order chi connectivity index (χ1) is 12.0. The SMILES string of the molecule is COc1ccccc1NCC(=O)NNC(=S)Nc1ccc(C)c(Cl)c1. The van der Waals surface area contributed by atoms with Crippen LogP contribution >= 0.6 is 23.8 Å². The van der Waals surface area contributed by atoms with Gasteiger partial charge in [-0.2, -0.15) is 0 Å². The molecule has 6 nitrogen and oxygen atoms in total. The van der Waals surface area contributed by atoms with Crippen molar-refractivity contribution in [3.63, 3.8) is 0 Å². The van der Waals surface area contributed by atoms with E-state index >= 15 is 0 Å². The van der Waals surface area contributed by atoms with Gasteiger partial charge >= 0.3 is 0 Å². The summed E-state index contributed by atoms with van der Waals surface area (Å²) < 4.78 is 5.21. The zero-order valence-corrected chi connectivity index (χ0v) is 15.4. The van der Waals surface area contributed by atoms with Gasteiger partial charge < -0.3 is 15.4 Å². The molecule has 0 bridgehead atoms. The number of benzene rings is 2. The number of ether oxygens (including phenoxy) is 1. The van der Waals surface area contributed by atoms with Crippen molar-refractivity contribution in [2.45, 2.75) is 6.92 Å². The number of para-hydroxylation sites is 2. The van der Waals surface area contributed by atoms with Gasteiger partial charge in [0, 0.05) is 10.7 Å². The first kappa shape index (κ1) is 18.8. The quantitative estimate of drug-likeness (QED) is 0.473. The molecule has 0 spiro atoms. The Balaban J connectivity index is 1.77. The molecule has 4 N–H and O–H groups in total. The summed E-state index contributed by atoms with van der Waals surface area (Å²) in [4.78, 5) is 11.9. The normalized spacial score (nSPS) is 9.88. The van der Waals surface area contributed by atoms with Gasteiger partial charge in [-0.05, 0) is 49.0 Å². The molecule has 2 aromatic rings. The smallest absolute Gasteiger partial charge is 0.257 e. The Hall–Kier alpha value is -2.51. The number of thiocarbonyl (C=S) groups is 1. The van der Waals surface area contributed by atoms with Gasteiger partial charge in [-0.25, -0.2) is 0 Å². The largest absolute Gasteiger partial charge is 0.495 e. The van der Waals surface area contributed by atoms with Crippen LogP contribution in [0.5, 0.6) is 5.75 Å². The number of methoxy groups -OCH3 is 1. The standard InChI is InChI=1S/C17H19ClN4O2S/c1-11-7-8-12(9-13(11)18)20-17(25)22-21-16(23)10-19-14-5-3-4-6-15(14)24-2/h3-9,19H,10H2,1-2H3,(H,21,23)(H2,20,22,25). The fraction of sp³-hybridized carbons (Fsp3) is 0.176. The van der Waals surface area contributed by atoms with E-state index in [0.717, 1.165) is 16.9 Å². The molecule has 0 aliphatic heterocycles. The van der Waals surface area contributed by atoms with Gasteiger partial charge in [0.05, 0.1) is 19.3 Å². The number of halogens is 1. The Bertz CT molecular complexity index is 770. The number of nitrogens with one attached hydrogen (secondary N) is 4. The van der Waals surface area contributed by atoms with Gasteiger partial charge in [-0.15, -0.1) is 0 Å². The van der Waals surface area contributed by atoms with Crippen LogP contribution in [0.25, 0.3) is 0 Å². The fourth-order valence-electron chi connectivity index (χ4n) is 1.97. The van der Waals surface area contributed by atoms with E-state index in [1.54, 1.807) is 13.2 Å². The molecule has 0 heterocycles. The van der Waals surface area contributed by atoms with Gasteiger partial charge in [0.25, 0.3) is 5.91 Å². The number of hydrogen-bond acceptors (Lipinski definition) is 4. The number of anilines is 2. The molecule has 2 rings (SSSR count). The molecular formula is C17H19ClN4O2S. The number of rotatable bonds is 5. The molecule has 25 heavy (non-hydrogen) atoms. The molecule has 8 heteroatoms. The third-order valence-corrected chi connectivity index (χ3v) is 3.90. The van der Waals surface area contributed by atoms with Crippen LogP contribution in [-0.2, 0) is 4.79 Å². The average Bonchev–Trinajstić information content (AvgIpc) is 2.61. The van der Waals surface area contributed by atoms with Crippen LogP contribution in [0.3, 0.4) is 0 Å². The number of carbonyl (C=O) groups excluding carboxylic acids is 1. The summed E-state index contributed by atoms with van der Waals surface area (Å²) in [5, 5.41) is 6.82. The molecule has 0 saturated heterocycles. The molecule has 0 radical (unpaired) electrons. The zero-order valence-electron chi connectivity index (χ0n) is 13.9. The minimum absolute atomic E-state index is 0.0619. The van der Waals surface area contributed by atoms with Crippen molar-refractivity contribution < 1.29 is 9.53 Å². The third-order valence-electron chi connectivity index (χ3n) is 3.29. The van der Waals surface area contributed by atoms with Crippen molar-refractivity contribution in [2.75, 3.05) is 24.3 Å². The number of amides is 1. The molecule has 1 amide bonds. The molecule has 0 atom stereocenters. The number of aryl methyl sites for hydroxylation is 1. The summed E-state index contributed by atoms with van der Waals surface area (Å²) in [6, 6.07) is 12.8. The molecular weight excluding hydrogens is 360 g/mol. The summed E-state index contributed by atoms with van der Waals surface area (Å²) in [6.07, 6.45) is 0. The minimum Gasteiger partial charge on any atom is -0.495 e. The second-order valence-electron chi connectivity index (χ2n) is 5.15. The van der Waals surface area contributed by atoms with E-state index in [0.29, 0.717) is 10.8 Å².